The van der Waals surface area contributed by atoms with Crippen LogP contribution >= 0.6 is 0 Å². The Morgan fingerprint density at radius 3 is 2.75 bits per heavy atom. The summed E-state index contributed by atoms with van der Waals surface area (Å²) in [5.74, 6) is 0.908. The maximum atomic E-state index is 11.0. The highest BCUT2D eigenvalue weighted by molar-refractivity contribution is 5.94. The van der Waals surface area contributed by atoms with Gasteiger partial charge < -0.3 is 4.74 Å². The second-order valence-electron chi connectivity index (χ2n) is 2.98. The van der Waals surface area contributed by atoms with Gasteiger partial charge in [-0.15, -0.1) is 0 Å². The van der Waals surface area contributed by atoms with E-state index in [9.17, 15) is 4.79 Å². The first-order valence-corrected chi connectivity index (χ1v) is 4.15. The fourth-order valence-electron chi connectivity index (χ4n) is 1.40. The second kappa shape index (κ2) is 3.57. The zero-order chi connectivity index (χ0) is 9.14. The van der Waals surface area contributed by atoms with E-state index in [2.05, 4.69) is 0 Å². The first-order chi connectivity index (χ1) is 5.65. The average molecular weight is 166 g/mol. The van der Waals surface area contributed by atoms with Crippen LogP contribution in [-0.2, 0) is 9.53 Å². The number of ketones is 1. The summed E-state index contributed by atoms with van der Waals surface area (Å²) in [6, 6.07) is 0. The Kier molecular flexibility index (Phi) is 2.69. The van der Waals surface area contributed by atoms with Crippen LogP contribution in [0.4, 0.5) is 0 Å². The molecule has 0 aliphatic carbocycles. The van der Waals surface area contributed by atoms with Gasteiger partial charge in [-0.1, -0.05) is 6.08 Å². The molecule has 0 unspecified atom stereocenters. The summed E-state index contributed by atoms with van der Waals surface area (Å²) in [7, 11) is 0. The van der Waals surface area contributed by atoms with E-state index in [0.717, 1.165) is 17.8 Å². The third-order valence-corrected chi connectivity index (χ3v) is 1.99. The fourth-order valence-corrected chi connectivity index (χ4v) is 1.40. The van der Waals surface area contributed by atoms with E-state index in [1.54, 1.807) is 6.92 Å². The van der Waals surface area contributed by atoms with Crippen molar-refractivity contribution in [3.8, 4) is 0 Å². The van der Waals surface area contributed by atoms with Gasteiger partial charge in [0.25, 0.3) is 0 Å². The third kappa shape index (κ3) is 1.76. The van der Waals surface area contributed by atoms with Crippen molar-refractivity contribution in [2.45, 2.75) is 33.3 Å². The number of carbonyl (C=O) groups is 1. The Balaban J connectivity index is 2.68. The SMILES string of the molecule is C/C=C\[C@@H]1CC(C(C)=O)=C(C)O1. The first kappa shape index (κ1) is 9.04. The smallest absolute Gasteiger partial charge is 0.159 e. The van der Waals surface area contributed by atoms with Crippen LogP contribution < -0.4 is 0 Å². The molecular weight excluding hydrogens is 152 g/mol. The first-order valence-electron chi connectivity index (χ1n) is 4.15. The van der Waals surface area contributed by atoms with Crippen LogP contribution in [-0.4, -0.2) is 11.9 Å². The van der Waals surface area contributed by atoms with Crippen LogP contribution in [0.3, 0.4) is 0 Å². The highest BCUT2D eigenvalue weighted by Crippen LogP contribution is 2.25. The Labute approximate surface area is 72.9 Å². The third-order valence-electron chi connectivity index (χ3n) is 1.99. The van der Waals surface area contributed by atoms with Crippen molar-refractivity contribution in [2.75, 3.05) is 0 Å². The molecule has 1 aliphatic rings. The molecule has 0 amide bonds. The van der Waals surface area contributed by atoms with Crippen molar-refractivity contribution in [3.63, 3.8) is 0 Å². The lowest BCUT2D eigenvalue weighted by Gasteiger charge is -2.04. The van der Waals surface area contributed by atoms with Crippen LogP contribution in [0.25, 0.3) is 0 Å². The second-order valence-corrected chi connectivity index (χ2v) is 2.98. The number of Topliss-reactive ketones (excluding diaryl/α,β-unsaturated/α-hetero) is 1. The summed E-state index contributed by atoms with van der Waals surface area (Å²) in [6.45, 7) is 5.38. The predicted octanol–water partition coefficient (Wildman–Crippen LogP) is 2.21. The van der Waals surface area contributed by atoms with Crippen LogP contribution in [0.5, 0.6) is 0 Å². The molecular formula is C10H14O2. The Morgan fingerprint density at radius 1 is 1.67 bits per heavy atom. The zero-order valence-electron chi connectivity index (χ0n) is 7.76. The molecule has 1 heterocycles. The molecule has 0 spiro atoms. The molecule has 1 rings (SSSR count). The number of allylic oxidation sites excluding steroid dienone is 2. The molecule has 12 heavy (non-hydrogen) atoms. The molecule has 0 N–H and O–H groups in total. The van der Waals surface area contributed by atoms with Gasteiger partial charge in [0.1, 0.15) is 11.9 Å². The summed E-state index contributed by atoms with van der Waals surface area (Å²) < 4.78 is 5.45. The molecule has 1 aliphatic heterocycles. The van der Waals surface area contributed by atoms with Gasteiger partial charge in [0.2, 0.25) is 0 Å². The highest BCUT2D eigenvalue weighted by Gasteiger charge is 2.23. The minimum absolute atomic E-state index is 0.0777. The van der Waals surface area contributed by atoms with Gasteiger partial charge in [-0.3, -0.25) is 4.79 Å². The number of hydrogen-bond acceptors (Lipinski definition) is 2. The predicted molar refractivity (Wildman–Crippen MR) is 47.7 cm³/mol. The van der Waals surface area contributed by atoms with E-state index in [4.69, 9.17) is 4.74 Å². The molecule has 1 atom stereocenters. The van der Waals surface area contributed by atoms with Gasteiger partial charge in [0.05, 0.1) is 0 Å². The van der Waals surface area contributed by atoms with Gasteiger partial charge in [0.15, 0.2) is 5.78 Å². The maximum absolute atomic E-state index is 11.0. The molecule has 0 radical (unpaired) electrons. The lowest BCUT2D eigenvalue weighted by molar-refractivity contribution is -0.113. The van der Waals surface area contributed by atoms with Gasteiger partial charge in [-0.25, -0.2) is 0 Å². The maximum Gasteiger partial charge on any atom is 0.159 e. The van der Waals surface area contributed by atoms with E-state index in [-0.39, 0.29) is 11.9 Å². The normalized spacial score (nSPS) is 23.4. The lowest BCUT2D eigenvalue weighted by Crippen LogP contribution is -2.02. The summed E-state index contributed by atoms with van der Waals surface area (Å²) in [4.78, 5) is 11.0. The molecule has 0 fully saturated rings. The minimum Gasteiger partial charge on any atom is -0.490 e. The number of hydrogen-bond donors (Lipinski definition) is 0. The van der Waals surface area contributed by atoms with Gasteiger partial charge in [-0.05, 0) is 26.8 Å². The van der Waals surface area contributed by atoms with E-state index < -0.39 is 0 Å². The molecule has 0 bridgehead atoms. The molecule has 0 aromatic carbocycles. The Morgan fingerprint density at radius 2 is 2.33 bits per heavy atom. The summed E-state index contributed by atoms with van der Waals surface area (Å²) in [5, 5.41) is 0. The van der Waals surface area contributed by atoms with E-state index in [1.807, 2.05) is 26.0 Å². The topological polar surface area (TPSA) is 26.3 Å². The standard InChI is InChI=1S/C10H14O2/c1-4-5-9-6-10(7(2)11)8(3)12-9/h4-5,9H,6H2,1-3H3/b5-4-/t9-/m1/s1. The lowest BCUT2D eigenvalue weighted by atomic mass is 10.1. The van der Waals surface area contributed by atoms with Crippen molar-refractivity contribution in [1.82, 2.24) is 0 Å². The molecule has 0 aromatic rings. The van der Waals surface area contributed by atoms with Crippen molar-refractivity contribution < 1.29 is 9.53 Å². The Bertz CT molecular complexity index is 249. The molecule has 0 saturated carbocycles. The molecule has 66 valence electrons. The average Bonchev–Trinajstić information content (AvgIpc) is 2.32. The Hall–Kier alpha value is -1.05. The van der Waals surface area contributed by atoms with Gasteiger partial charge in [0, 0.05) is 12.0 Å². The summed E-state index contributed by atoms with van der Waals surface area (Å²) >= 11 is 0. The number of carbonyl (C=O) groups excluding carboxylic acids is 1. The van der Waals surface area contributed by atoms with Crippen LogP contribution in [0.1, 0.15) is 27.2 Å². The number of ether oxygens (including phenoxy) is 1. The highest BCUT2D eigenvalue weighted by atomic mass is 16.5. The molecule has 0 saturated heterocycles. The zero-order valence-corrected chi connectivity index (χ0v) is 7.76. The molecule has 0 aromatic heterocycles. The van der Waals surface area contributed by atoms with Crippen molar-refractivity contribution >= 4 is 5.78 Å². The van der Waals surface area contributed by atoms with Crippen LogP contribution in [0.15, 0.2) is 23.5 Å². The largest absolute Gasteiger partial charge is 0.490 e. The van der Waals surface area contributed by atoms with Crippen LogP contribution in [0.2, 0.25) is 0 Å². The van der Waals surface area contributed by atoms with Crippen LogP contribution in [0, 0.1) is 0 Å². The summed E-state index contributed by atoms with van der Waals surface area (Å²) in [6.07, 6.45) is 4.72. The van der Waals surface area contributed by atoms with Gasteiger partial charge in [-0.2, -0.15) is 0 Å². The minimum atomic E-state index is 0.0777. The van der Waals surface area contributed by atoms with E-state index >= 15 is 0 Å². The molecule has 2 nitrogen and oxygen atoms in total. The monoisotopic (exact) mass is 166 g/mol. The van der Waals surface area contributed by atoms with E-state index in [0.29, 0.717) is 0 Å². The van der Waals surface area contributed by atoms with Crippen molar-refractivity contribution in [1.29, 1.82) is 0 Å². The number of rotatable bonds is 2. The fraction of sp³-hybridized carbons (Fsp3) is 0.500. The van der Waals surface area contributed by atoms with Gasteiger partial charge >= 0.3 is 0 Å². The molecule has 2 heteroatoms. The van der Waals surface area contributed by atoms with E-state index in [1.165, 1.54) is 0 Å². The van der Waals surface area contributed by atoms with Crippen molar-refractivity contribution in [2.24, 2.45) is 0 Å². The summed E-state index contributed by atoms with van der Waals surface area (Å²) in [5.41, 5.74) is 0.832. The van der Waals surface area contributed by atoms with Crippen molar-refractivity contribution in [3.05, 3.63) is 23.5 Å². The quantitative estimate of drug-likeness (QED) is 0.588.